The predicted molar refractivity (Wildman–Crippen MR) is 128 cm³/mol. The highest BCUT2D eigenvalue weighted by atomic mass is 79.9. The number of fused-ring (bicyclic) bond motifs is 2. The second kappa shape index (κ2) is 7.61. The van der Waals surface area contributed by atoms with Crippen LogP contribution in [0.15, 0.2) is 67.3 Å². The summed E-state index contributed by atoms with van der Waals surface area (Å²) in [5, 5.41) is 14.4. The number of carboxylic acids is 1. The molecule has 0 saturated carbocycles. The third-order valence-corrected chi connectivity index (χ3v) is 6.63. The average molecular weight is 510 g/mol. The largest absolute Gasteiger partial charge is 0.477 e. The van der Waals surface area contributed by atoms with Gasteiger partial charge in [-0.1, -0.05) is 39.7 Å². The van der Waals surface area contributed by atoms with Crippen LogP contribution in [0.3, 0.4) is 0 Å². The van der Waals surface area contributed by atoms with Gasteiger partial charge in [0.1, 0.15) is 0 Å². The van der Waals surface area contributed by atoms with Gasteiger partial charge in [0, 0.05) is 27.2 Å². The smallest absolute Gasteiger partial charge is 0.354 e. The molecule has 0 amide bonds. The second-order valence-corrected chi connectivity index (χ2v) is 9.17. The molecule has 2 N–H and O–H groups in total. The molecule has 0 saturated heterocycles. The van der Waals surface area contributed by atoms with Gasteiger partial charge in [-0.3, -0.25) is 4.79 Å². The topological polar surface area (TPSA) is 97.1 Å². The van der Waals surface area contributed by atoms with Crippen LogP contribution in [0.4, 0.5) is 0 Å². The van der Waals surface area contributed by atoms with Crippen molar-refractivity contribution in [3.05, 3.63) is 95.4 Å². The van der Waals surface area contributed by atoms with Gasteiger partial charge in [0.05, 0.1) is 22.1 Å². The lowest BCUT2D eigenvalue weighted by molar-refractivity contribution is 0.0686. The Kier molecular flexibility index (Phi) is 4.87. The van der Waals surface area contributed by atoms with Crippen LogP contribution in [0.5, 0.6) is 0 Å². The Labute approximate surface area is 193 Å². The van der Waals surface area contributed by atoms with Crippen LogP contribution in [-0.2, 0) is 6.54 Å². The van der Waals surface area contributed by atoms with E-state index in [-0.39, 0.29) is 17.9 Å². The number of H-pyrrole nitrogens is 1. The van der Waals surface area contributed by atoms with Crippen LogP contribution in [0.1, 0.15) is 21.6 Å². The number of carboxylic acid groups (broad SMARTS) is 1. The maximum atomic E-state index is 13.3. The maximum absolute atomic E-state index is 13.3. The summed E-state index contributed by atoms with van der Waals surface area (Å²) in [7, 11) is 0. The Morgan fingerprint density at radius 3 is 2.69 bits per heavy atom. The van der Waals surface area contributed by atoms with E-state index in [9.17, 15) is 19.5 Å². The highest BCUT2D eigenvalue weighted by Gasteiger charge is 2.27. The number of nitrogens with one attached hydrogen (secondary N) is 1. The van der Waals surface area contributed by atoms with Crippen molar-refractivity contribution in [2.24, 2.45) is 0 Å². The molecule has 0 fully saturated rings. The third-order valence-electron chi connectivity index (χ3n) is 5.39. The Bertz CT molecular complexity index is 1660. The summed E-state index contributed by atoms with van der Waals surface area (Å²) in [6.45, 7) is 2.14. The molecule has 0 aliphatic carbocycles. The van der Waals surface area contributed by atoms with Gasteiger partial charge in [-0.05, 0) is 36.8 Å². The lowest BCUT2D eigenvalue weighted by atomic mass is 10.1. The average Bonchev–Trinajstić information content (AvgIpc) is 3.31. The van der Waals surface area contributed by atoms with E-state index in [1.54, 1.807) is 21.4 Å². The number of nitrogens with zero attached hydrogens (tertiary/aromatic N) is 2. The van der Waals surface area contributed by atoms with Crippen molar-refractivity contribution in [2.75, 3.05) is 0 Å². The molecule has 3 aromatic heterocycles. The fourth-order valence-electron chi connectivity index (χ4n) is 4.02. The molecule has 32 heavy (non-hydrogen) atoms. The summed E-state index contributed by atoms with van der Waals surface area (Å²) in [5.74, 6) is -1.22. The van der Waals surface area contributed by atoms with Crippen molar-refractivity contribution in [3.8, 4) is 5.69 Å². The summed E-state index contributed by atoms with van der Waals surface area (Å²) < 4.78 is 3.45. The van der Waals surface area contributed by atoms with Crippen molar-refractivity contribution >= 4 is 55.0 Å². The molecule has 0 unspecified atom stereocenters. The first-order valence-corrected chi connectivity index (χ1v) is 11.4. The van der Waals surface area contributed by atoms with E-state index in [0.29, 0.717) is 21.8 Å². The van der Waals surface area contributed by atoms with Gasteiger partial charge in [-0.25, -0.2) is 14.2 Å². The van der Waals surface area contributed by atoms with E-state index in [4.69, 9.17) is 0 Å². The SMILES string of the molecule is Cc1ccc2c(c1)c(-n1c(=O)[nH]c3cscc3c1=O)c(C(=O)O)n2Cc1cccc(Br)c1. The number of rotatable bonds is 4. The zero-order valence-electron chi connectivity index (χ0n) is 16.8. The number of aromatic nitrogens is 3. The molecule has 0 radical (unpaired) electrons. The summed E-state index contributed by atoms with van der Waals surface area (Å²) in [4.78, 5) is 41.4. The monoisotopic (exact) mass is 509 g/mol. The number of hydrogen-bond donors (Lipinski definition) is 2. The van der Waals surface area contributed by atoms with E-state index in [1.165, 1.54) is 11.3 Å². The van der Waals surface area contributed by atoms with Gasteiger partial charge < -0.3 is 14.7 Å². The zero-order valence-corrected chi connectivity index (χ0v) is 19.2. The minimum atomic E-state index is -1.22. The number of thiophene rings is 1. The van der Waals surface area contributed by atoms with Crippen molar-refractivity contribution in [1.29, 1.82) is 0 Å². The molecule has 5 aromatic rings. The number of hydrogen-bond acceptors (Lipinski definition) is 4. The Hall–Kier alpha value is -3.43. The quantitative estimate of drug-likeness (QED) is 0.372. The van der Waals surface area contributed by atoms with Crippen LogP contribution in [0.2, 0.25) is 0 Å². The van der Waals surface area contributed by atoms with Crippen LogP contribution in [-0.4, -0.2) is 25.2 Å². The number of aromatic amines is 1. The van der Waals surface area contributed by atoms with Crippen LogP contribution < -0.4 is 11.2 Å². The molecule has 0 aliphatic rings. The molecule has 0 spiro atoms. The minimum Gasteiger partial charge on any atom is -0.477 e. The van der Waals surface area contributed by atoms with Crippen molar-refractivity contribution in [1.82, 2.24) is 14.1 Å². The Morgan fingerprint density at radius 1 is 1.12 bits per heavy atom. The molecule has 160 valence electrons. The molecule has 0 bridgehead atoms. The molecule has 3 heterocycles. The van der Waals surface area contributed by atoms with Gasteiger partial charge in [0.25, 0.3) is 5.56 Å². The molecule has 9 heteroatoms. The zero-order chi connectivity index (χ0) is 22.6. The fraction of sp³-hybridized carbons (Fsp3) is 0.0870. The lowest BCUT2D eigenvalue weighted by Crippen LogP contribution is -2.34. The van der Waals surface area contributed by atoms with Crippen LogP contribution in [0.25, 0.3) is 27.5 Å². The van der Waals surface area contributed by atoms with Crippen molar-refractivity contribution in [2.45, 2.75) is 13.5 Å². The van der Waals surface area contributed by atoms with E-state index in [0.717, 1.165) is 20.2 Å². The highest BCUT2D eigenvalue weighted by Crippen LogP contribution is 2.31. The highest BCUT2D eigenvalue weighted by molar-refractivity contribution is 9.10. The predicted octanol–water partition coefficient (Wildman–Crippen LogP) is 4.51. The molecular weight excluding hydrogens is 494 g/mol. The summed E-state index contributed by atoms with van der Waals surface area (Å²) >= 11 is 4.74. The van der Waals surface area contributed by atoms with Crippen molar-refractivity contribution in [3.63, 3.8) is 0 Å². The van der Waals surface area contributed by atoms with E-state index in [1.807, 2.05) is 43.3 Å². The van der Waals surface area contributed by atoms with E-state index < -0.39 is 17.2 Å². The van der Waals surface area contributed by atoms with E-state index in [2.05, 4.69) is 20.9 Å². The number of carbonyl (C=O) groups is 1. The normalized spacial score (nSPS) is 11.4. The second-order valence-electron chi connectivity index (χ2n) is 7.51. The maximum Gasteiger partial charge on any atom is 0.354 e. The Morgan fingerprint density at radius 2 is 1.94 bits per heavy atom. The summed E-state index contributed by atoms with van der Waals surface area (Å²) in [6, 6.07) is 13.1. The van der Waals surface area contributed by atoms with Gasteiger partial charge in [0.15, 0.2) is 5.69 Å². The van der Waals surface area contributed by atoms with Gasteiger partial charge in [-0.15, -0.1) is 11.3 Å². The summed E-state index contributed by atoms with van der Waals surface area (Å²) in [5.41, 5.74) is 1.56. The number of aromatic carboxylic acids is 1. The number of halogens is 1. The first kappa shape index (κ1) is 20.5. The summed E-state index contributed by atoms with van der Waals surface area (Å²) in [6.07, 6.45) is 0. The van der Waals surface area contributed by atoms with Gasteiger partial charge in [-0.2, -0.15) is 0 Å². The third kappa shape index (κ3) is 3.21. The van der Waals surface area contributed by atoms with Gasteiger partial charge >= 0.3 is 11.7 Å². The standard InChI is InChI=1S/C23H16BrN3O4S/c1-12-5-6-18-15(7-12)19(27-21(28)16-10-32-11-17(16)25-23(27)31)20(22(29)30)26(18)9-13-3-2-4-14(24)8-13/h2-8,10-11H,9H2,1H3,(H,25,31)(H,29,30). The molecule has 0 atom stereocenters. The number of benzene rings is 2. The number of aryl methyl sites for hydroxylation is 1. The van der Waals surface area contributed by atoms with Gasteiger partial charge in [0.2, 0.25) is 0 Å². The minimum absolute atomic E-state index is 0.0746. The van der Waals surface area contributed by atoms with Crippen LogP contribution in [0, 0.1) is 6.92 Å². The van der Waals surface area contributed by atoms with Crippen LogP contribution >= 0.6 is 27.3 Å². The first-order valence-electron chi connectivity index (χ1n) is 9.67. The molecule has 0 aliphatic heterocycles. The lowest BCUT2D eigenvalue weighted by Gasteiger charge is -2.10. The molecule has 2 aromatic carbocycles. The van der Waals surface area contributed by atoms with E-state index >= 15 is 0 Å². The Balaban J connectivity index is 1.91. The first-order chi connectivity index (χ1) is 15.3. The molecule has 7 nitrogen and oxygen atoms in total. The molecule has 5 rings (SSSR count). The van der Waals surface area contributed by atoms with Crippen molar-refractivity contribution < 1.29 is 9.90 Å². The fourth-order valence-corrected chi connectivity index (χ4v) is 5.22. The molecular formula is C23H16BrN3O4S.